The number of aliphatic hydroxyl groups is 1. The summed E-state index contributed by atoms with van der Waals surface area (Å²) in [6, 6.07) is 4.20. The highest BCUT2D eigenvalue weighted by molar-refractivity contribution is 5.97. The molecule has 0 bridgehead atoms. The van der Waals surface area contributed by atoms with E-state index in [0.717, 1.165) is 12.0 Å². The van der Waals surface area contributed by atoms with E-state index in [1.165, 1.54) is 15.6 Å². The molecular formula is C17H21FN4O2. The van der Waals surface area contributed by atoms with Gasteiger partial charge in [0.05, 0.1) is 11.9 Å². The minimum atomic E-state index is -1.13. The molecule has 128 valence electrons. The van der Waals surface area contributed by atoms with Gasteiger partial charge in [-0.05, 0) is 51.3 Å². The third-order valence-corrected chi connectivity index (χ3v) is 4.26. The number of halogens is 1. The van der Waals surface area contributed by atoms with Crippen LogP contribution in [0.5, 0.6) is 0 Å². The molecule has 0 aliphatic carbocycles. The van der Waals surface area contributed by atoms with Gasteiger partial charge in [-0.2, -0.15) is 0 Å². The Hall–Kier alpha value is -2.28. The molecule has 1 amide bonds. The van der Waals surface area contributed by atoms with E-state index in [-0.39, 0.29) is 5.91 Å². The van der Waals surface area contributed by atoms with Crippen LogP contribution in [0.4, 0.5) is 10.1 Å². The number of aryl methyl sites for hydroxylation is 1. The van der Waals surface area contributed by atoms with Crippen LogP contribution in [0.3, 0.4) is 0 Å². The van der Waals surface area contributed by atoms with Gasteiger partial charge in [0.25, 0.3) is 5.91 Å². The van der Waals surface area contributed by atoms with Crippen molar-refractivity contribution < 1.29 is 14.3 Å². The van der Waals surface area contributed by atoms with E-state index in [1.54, 1.807) is 32.2 Å². The monoisotopic (exact) mass is 332 g/mol. The van der Waals surface area contributed by atoms with E-state index in [4.69, 9.17) is 0 Å². The van der Waals surface area contributed by atoms with Gasteiger partial charge in [-0.1, -0.05) is 11.3 Å². The van der Waals surface area contributed by atoms with Crippen molar-refractivity contribution in [3.63, 3.8) is 0 Å². The Morgan fingerprint density at radius 1 is 1.38 bits per heavy atom. The van der Waals surface area contributed by atoms with Crippen molar-refractivity contribution in [1.29, 1.82) is 0 Å². The molecule has 1 aliphatic heterocycles. The number of hydrogen-bond donors (Lipinski definition) is 1. The number of hydrogen-bond acceptors (Lipinski definition) is 4. The van der Waals surface area contributed by atoms with Crippen LogP contribution in [0.2, 0.25) is 0 Å². The number of carbonyl (C=O) groups is 1. The van der Waals surface area contributed by atoms with Gasteiger partial charge in [-0.15, -0.1) is 5.10 Å². The summed E-state index contributed by atoms with van der Waals surface area (Å²) in [5, 5.41) is 17.9. The van der Waals surface area contributed by atoms with Crippen LogP contribution >= 0.6 is 0 Å². The summed E-state index contributed by atoms with van der Waals surface area (Å²) < 4.78 is 15.6. The topological polar surface area (TPSA) is 71.2 Å². The molecule has 1 aromatic carbocycles. The zero-order chi connectivity index (χ0) is 17.5. The van der Waals surface area contributed by atoms with Crippen molar-refractivity contribution >= 4 is 11.6 Å². The Balaban J connectivity index is 1.90. The molecule has 7 heteroatoms. The van der Waals surface area contributed by atoms with E-state index in [1.807, 2.05) is 6.92 Å². The molecule has 0 radical (unpaired) electrons. The van der Waals surface area contributed by atoms with Crippen molar-refractivity contribution in [2.75, 3.05) is 11.4 Å². The van der Waals surface area contributed by atoms with Gasteiger partial charge >= 0.3 is 0 Å². The Bertz CT molecular complexity index is 766. The molecule has 1 unspecified atom stereocenters. The molecule has 0 saturated carbocycles. The first-order valence-corrected chi connectivity index (χ1v) is 7.99. The molecule has 2 heterocycles. The van der Waals surface area contributed by atoms with Gasteiger partial charge in [0.1, 0.15) is 23.2 Å². The predicted molar refractivity (Wildman–Crippen MR) is 87.0 cm³/mol. The van der Waals surface area contributed by atoms with Crippen LogP contribution in [0.15, 0.2) is 24.4 Å². The number of aromatic nitrogens is 3. The first-order valence-electron chi connectivity index (χ1n) is 7.99. The van der Waals surface area contributed by atoms with Crippen molar-refractivity contribution in [3.05, 3.63) is 41.5 Å². The number of amides is 1. The number of benzene rings is 1. The SMILES string of the molecule is Cc1ccc(F)c(N2CCCC(n3cc(C(C)(C)O)nn3)C2=O)c1. The van der Waals surface area contributed by atoms with Crippen LogP contribution in [-0.2, 0) is 10.4 Å². The van der Waals surface area contributed by atoms with Crippen molar-refractivity contribution in [2.45, 2.75) is 45.3 Å². The van der Waals surface area contributed by atoms with Crippen LogP contribution in [0, 0.1) is 12.7 Å². The first kappa shape index (κ1) is 16.6. The molecule has 1 atom stereocenters. The normalized spacial score (nSPS) is 19.0. The Morgan fingerprint density at radius 3 is 2.79 bits per heavy atom. The lowest BCUT2D eigenvalue weighted by Gasteiger charge is -2.32. The molecular weight excluding hydrogens is 311 g/mol. The maximum atomic E-state index is 14.2. The number of anilines is 1. The molecule has 0 spiro atoms. The van der Waals surface area contributed by atoms with Gasteiger partial charge in [0.2, 0.25) is 0 Å². The summed E-state index contributed by atoms with van der Waals surface area (Å²) in [6.07, 6.45) is 2.93. The largest absolute Gasteiger partial charge is 0.384 e. The van der Waals surface area contributed by atoms with Crippen LogP contribution in [-0.4, -0.2) is 32.6 Å². The third kappa shape index (κ3) is 3.03. The molecule has 2 aromatic rings. The fraction of sp³-hybridized carbons (Fsp3) is 0.471. The molecule has 6 nitrogen and oxygen atoms in total. The van der Waals surface area contributed by atoms with E-state index >= 15 is 0 Å². The number of nitrogens with zero attached hydrogens (tertiary/aromatic N) is 4. The van der Waals surface area contributed by atoms with Gasteiger partial charge in [0.15, 0.2) is 0 Å². The number of carbonyl (C=O) groups excluding carboxylic acids is 1. The summed E-state index contributed by atoms with van der Waals surface area (Å²) in [6.45, 7) is 5.56. The minimum Gasteiger partial charge on any atom is -0.384 e. The van der Waals surface area contributed by atoms with E-state index < -0.39 is 17.5 Å². The lowest BCUT2D eigenvalue weighted by atomic mass is 10.0. The average molecular weight is 332 g/mol. The predicted octanol–water partition coefficient (Wildman–Crippen LogP) is 2.32. The Labute approximate surface area is 139 Å². The maximum absolute atomic E-state index is 14.2. The molecule has 3 rings (SSSR count). The van der Waals surface area contributed by atoms with Crippen LogP contribution < -0.4 is 4.90 Å². The molecule has 1 aromatic heterocycles. The van der Waals surface area contributed by atoms with E-state index in [9.17, 15) is 14.3 Å². The lowest BCUT2D eigenvalue weighted by molar-refractivity contribution is -0.123. The number of rotatable bonds is 3. The Kier molecular flexibility index (Phi) is 4.13. The average Bonchev–Trinajstić information content (AvgIpc) is 3.00. The molecule has 1 saturated heterocycles. The fourth-order valence-electron chi connectivity index (χ4n) is 2.88. The van der Waals surface area contributed by atoms with Crippen molar-refractivity contribution in [1.82, 2.24) is 15.0 Å². The molecule has 1 aliphatic rings. The van der Waals surface area contributed by atoms with Crippen molar-refractivity contribution in [2.24, 2.45) is 0 Å². The highest BCUT2D eigenvalue weighted by Crippen LogP contribution is 2.30. The van der Waals surface area contributed by atoms with Gasteiger partial charge in [0, 0.05) is 6.54 Å². The lowest BCUT2D eigenvalue weighted by Crippen LogP contribution is -2.43. The fourth-order valence-corrected chi connectivity index (χ4v) is 2.88. The summed E-state index contributed by atoms with van der Waals surface area (Å²) in [5.41, 5.74) is 0.464. The van der Waals surface area contributed by atoms with Crippen molar-refractivity contribution in [3.8, 4) is 0 Å². The second kappa shape index (κ2) is 5.98. The van der Waals surface area contributed by atoms with E-state index in [0.29, 0.717) is 24.3 Å². The quantitative estimate of drug-likeness (QED) is 0.936. The first-order chi connectivity index (χ1) is 11.3. The maximum Gasteiger partial charge on any atom is 0.251 e. The summed E-state index contributed by atoms with van der Waals surface area (Å²) >= 11 is 0. The van der Waals surface area contributed by atoms with E-state index in [2.05, 4.69) is 10.3 Å². The highest BCUT2D eigenvalue weighted by atomic mass is 19.1. The second-order valence-corrected chi connectivity index (χ2v) is 6.75. The highest BCUT2D eigenvalue weighted by Gasteiger charge is 2.34. The van der Waals surface area contributed by atoms with Crippen LogP contribution in [0.25, 0.3) is 0 Å². The molecule has 1 fully saturated rings. The van der Waals surface area contributed by atoms with Gasteiger partial charge in [-0.25, -0.2) is 9.07 Å². The second-order valence-electron chi connectivity index (χ2n) is 6.75. The zero-order valence-electron chi connectivity index (χ0n) is 14.0. The Morgan fingerprint density at radius 2 is 2.12 bits per heavy atom. The molecule has 1 N–H and O–H groups in total. The smallest absolute Gasteiger partial charge is 0.251 e. The standard InChI is InChI=1S/C17H21FN4O2/c1-11-6-7-12(18)14(9-11)21-8-4-5-13(16(21)23)22-10-15(19-20-22)17(2,3)24/h6-7,9-10,13,24H,4-5,8H2,1-3H3. The summed E-state index contributed by atoms with van der Waals surface area (Å²) in [5.74, 6) is -0.622. The van der Waals surface area contributed by atoms with Gasteiger partial charge < -0.3 is 10.0 Å². The minimum absolute atomic E-state index is 0.210. The van der Waals surface area contributed by atoms with Crippen LogP contribution in [0.1, 0.15) is 44.0 Å². The van der Waals surface area contributed by atoms with Gasteiger partial charge in [-0.3, -0.25) is 4.79 Å². The third-order valence-electron chi connectivity index (χ3n) is 4.26. The number of piperidine rings is 1. The molecule has 24 heavy (non-hydrogen) atoms. The summed E-state index contributed by atoms with van der Waals surface area (Å²) in [4.78, 5) is 14.3. The zero-order valence-corrected chi connectivity index (χ0v) is 14.0. The summed E-state index contributed by atoms with van der Waals surface area (Å²) in [7, 11) is 0.